The molecule has 0 aromatic carbocycles. The molecule has 0 spiro atoms. The van der Waals surface area contributed by atoms with E-state index in [1.165, 1.54) is 16.4 Å². The first-order chi connectivity index (χ1) is 19.1. The van der Waals surface area contributed by atoms with E-state index in [2.05, 4.69) is 36.3 Å². The molecule has 0 N–H and O–H groups in total. The first-order valence-corrected chi connectivity index (χ1v) is 15.1. The van der Waals surface area contributed by atoms with E-state index in [4.69, 9.17) is 4.74 Å². The number of aryl methyl sites for hydroxylation is 2. The van der Waals surface area contributed by atoms with Crippen molar-refractivity contribution in [1.29, 1.82) is 0 Å². The minimum absolute atomic E-state index is 0.236. The van der Waals surface area contributed by atoms with Crippen LogP contribution >= 0.6 is 11.8 Å². The van der Waals surface area contributed by atoms with E-state index in [-0.39, 0.29) is 36.4 Å². The number of nitrogens with zero attached hydrogens (tertiary/aromatic N) is 3. The van der Waals surface area contributed by atoms with Crippen LogP contribution in [-0.4, -0.2) is 38.4 Å². The Morgan fingerprint density at radius 3 is 2.52 bits per heavy atom. The van der Waals surface area contributed by atoms with E-state index in [0.29, 0.717) is 19.4 Å². The lowest BCUT2D eigenvalue weighted by Crippen LogP contribution is -2.43. The molecular formula is C29H42F3N3O4S. The first kappa shape index (κ1) is 33.6. The van der Waals surface area contributed by atoms with Gasteiger partial charge in [-0.25, -0.2) is 9.48 Å². The zero-order valence-corrected chi connectivity index (χ0v) is 24.6. The van der Waals surface area contributed by atoms with Crippen molar-refractivity contribution in [3.05, 3.63) is 61.3 Å². The van der Waals surface area contributed by atoms with Crippen LogP contribution in [0.1, 0.15) is 90.7 Å². The van der Waals surface area contributed by atoms with Crippen LogP contribution in [0, 0.1) is 0 Å². The number of hydrogen-bond acceptors (Lipinski definition) is 6. The highest BCUT2D eigenvalue weighted by atomic mass is 32.2. The summed E-state index contributed by atoms with van der Waals surface area (Å²) in [5.74, 6) is -0.247. The number of carbonyl (C=O) groups is 1. The van der Waals surface area contributed by atoms with Crippen molar-refractivity contribution >= 4 is 17.7 Å². The van der Waals surface area contributed by atoms with Gasteiger partial charge in [0.15, 0.2) is 0 Å². The minimum atomic E-state index is -4.34. The summed E-state index contributed by atoms with van der Waals surface area (Å²) in [5.41, 5.74) is 0.0937. The number of rotatable bonds is 17. The molecule has 1 aromatic rings. The lowest BCUT2D eigenvalue weighted by atomic mass is 10.1. The Morgan fingerprint density at radius 2 is 1.82 bits per heavy atom. The van der Waals surface area contributed by atoms with Gasteiger partial charge in [0.1, 0.15) is 10.9 Å². The number of esters is 1. The van der Waals surface area contributed by atoms with Gasteiger partial charge < -0.3 is 4.74 Å². The van der Waals surface area contributed by atoms with E-state index in [0.717, 1.165) is 60.0 Å². The Bertz CT molecular complexity index is 1170. The van der Waals surface area contributed by atoms with Crippen LogP contribution < -0.4 is 11.2 Å². The number of hydrogen-bond donors (Lipinski definition) is 0. The van der Waals surface area contributed by atoms with Gasteiger partial charge in [0.25, 0.3) is 5.56 Å². The molecule has 0 saturated heterocycles. The summed E-state index contributed by atoms with van der Waals surface area (Å²) in [6.07, 6.45) is 9.46. The molecule has 0 amide bonds. The first-order valence-electron chi connectivity index (χ1n) is 14.2. The standard InChI is InChI=1S/C29H42F3N3O4S/c1-4-6-7-8-17-25-26(36)34(19-13-18-29(30,31)32)28(38)35(33-25)20-12-11-15-23-14-9-10-16-24(21-23)40-22(3)27(37)39-5-2/h9,14,16,21-22H,4-8,10-13,15,17-20H2,1-3H3. The number of aromatic nitrogens is 3. The van der Waals surface area contributed by atoms with Gasteiger partial charge >= 0.3 is 17.8 Å². The summed E-state index contributed by atoms with van der Waals surface area (Å²) in [4.78, 5) is 38.8. The van der Waals surface area contributed by atoms with Gasteiger partial charge in [-0.05, 0) is 70.4 Å². The fraction of sp³-hybridized carbons (Fsp3) is 0.655. The maximum Gasteiger partial charge on any atom is 0.389 e. The number of allylic oxidation sites excluding steroid dienone is 5. The SMILES string of the molecule is CCCCCCc1nn(CCCCC2=CC(SC(C)C(=O)OCC)=CCC=C2)c(=O)n(CCCC(F)(F)F)c1=O. The molecule has 7 nitrogen and oxygen atoms in total. The molecule has 0 fully saturated rings. The van der Waals surface area contributed by atoms with E-state index >= 15 is 0 Å². The Balaban J connectivity index is 2.07. The molecular weight excluding hydrogens is 543 g/mol. The topological polar surface area (TPSA) is 83.2 Å². The Morgan fingerprint density at radius 1 is 1.07 bits per heavy atom. The lowest BCUT2D eigenvalue weighted by molar-refractivity contribution is -0.142. The summed E-state index contributed by atoms with van der Waals surface area (Å²) >= 11 is 1.46. The van der Waals surface area contributed by atoms with Gasteiger partial charge in [-0.1, -0.05) is 44.4 Å². The van der Waals surface area contributed by atoms with Gasteiger partial charge in [-0.3, -0.25) is 14.2 Å². The summed E-state index contributed by atoms with van der Waals surface area (Å²) in [7, 11) is 0. The second-order valence-electron chi connectivity index (χ2n) is 9.87. The van der Waals surface area contributed by atoms with Crippen molar-refractivity contribution in [2.24, 2.45) is 0 Å². The van der Waals surface area contributed by atoms with Crippen LogP contribution in [0.15, 0.2) is 44.4 Å². The van der Waals surface area contributed by atoms with Crippen LogP contribution in [-0.2, 0) is 29.0 Å². The molecule has 0 bridgehead atoms. The van der Waals surface area contributed by atoms with E-state index in [1.807, 2.05) is 6.92 Å². The molecule has 1 aliphatic carbocycles. The third-order valence-corrected chi connectivity index (χ3v) is 7.53. The fourth-order valence-corrected chi connectivity index (χ4v) is 5.29. The number of ether oxygens (including phenoxy) is 1. The normalized spacial score (nSPS) is 14.4. The number of carbonyl (C=O) groups excluding carboxylic acids is 1. The van der Waals surface area contributed by atoms with Crippen LogP contribution in [0.3, 0.4) is 0 Å². The monoisotopic (exact) mass is 585 g/mol. The highest BCUT2D eigenvalue weighted by Crippen LogP contribution is 2.28. The Hall–Kier alpha value is -2.56. The quantitative estimate of drug-likeness (QED) is 0.153. The van der Waals surface area contributed by atoms with E-state index in [9.17, 15) is 27.6 Å². The number of thioether (sulfide) groups is 1. The van der Waals surface area contributed by atoms with Gasteiger partial charge in [0.05, 0.1) is 6.61 Å². The molecule has 11 heteroatoms. The van der Waals surface area contributed by atoms with Crippen LogP contribution in [0.4, 0.5) is 13.2 Å². The highest BCUT2D eigenvalue weighted by molar-refractivity contribution is 8.04. The minimum Gasteiger partial charge on any atom is -0.465 e. The second kappa shape index (κ2) is 17.3. The molecule has 1 heterocycles. The zero-order valence-electron chi connectivity index (χ0n) is 23.8. The van der Waals surface area contributed by atoms with E-state index in [1.54, 1.807) is 6.92 Å². The molecule has 224 valence electrons. The maximum absolute atomic E-state index is 13.0. The molecule has 2 rings (SSSR count). The maximum atomic E-state index is 13.0. The van der Waals surface area contributed by atoms with E-state index < -0.39 is 23.8 Å². The average Bonchev–Trinajstić information content (AvgIpc) is 3.12. The average molecular weight is 586 g/mol. The van der Waals surface area contributed by atoms with Crippen molar-refractivity contribution in [3.63, 3.8) is 0 Å². The lowest BCUT2D eigenvalue weighted by Gasteiger charge is -2.13. The molecule has 0 aliphatic heterocycles. The molecule has 0 radical (unpaired) electrons. The summed E-state index contributed by atoms with van der Waals surface area (Å²) < 4.78 is 45.3. The zero-order chi connectivity index (χ0) is 29.5. The highest BCUT2D eigenvalue weighted by Gasteiger charge is 2.26. The smallest absolute Gasteiger partial charge is 0.389 e. The summed E-state index contributed by atoms with van der Waals surface area (Å²) in [6.45, 7) is 6.01. The van der Waals surface area contributed by atoms with Gasteiger partial charge in [-0.15, -0.1) is 11.8 Å². The molecule has 1 aliphatic rings. The van der Waals surface area contributed by atoms with Crippen molar-refractivity contribution < 1.29 is 22.7 Å². The second-order valence-corrected chi connectivity index (χ2v) is 11.3. The molecule has 40 heavy (non-hydrogen) atoms. The predicted octanol–water partition coefficient (Wildman–Crippen LogP) is 6.50. The molecule has 1 unspecified atom stereocenters. The molecule has 1 aromatic heterocycles. The van der Waals surface area contributed by atoms with Crippen molar-refractivity contribution in [3.8, 4) is 0 Å². The molecule has 0 saturated carbocycles. The number of unbranched alkanes of at least 4 members (excludes halogenated alkanes) is 4. The number of alkyl halides is 3. The number of halogens is 3. The summed E-state index contributed by atoms with van der Waals surface area (Å²) in [6, 6.07) is 0. The van der Waals surface area contributed by atoms with Gasteiger partial charge in [-0.2, -0.15) is 18.3 Å². The van der Waals surface area contributed by atoms with Crippen molar-refractivity contribution in [1.82, 2.24) is 14.3 Å². The van der Waals surface area contributed by atoms with Gasteiger partial charge in [0.2, 0.25) is 0 Å². The van der Waals surface area contributed by atoms with Crippen LogP contribution in [0.25, 0.3) is 0 Å². The predicted molar refractivity (Wildman–Crippen MR) is 153 cm³/mol. The largest absolute Gasteiger partial charge is 0.465 e. The van der Waals surface area contributed by atoms with Gasteiger partial charge in [0, 0.05) is 24.4 Å². The Kier molecular flexibility index (Phi) is 14.5. The molecule has 1 atom stereocenters. The fourth-order valence-electron chi connectivity index (χ4n) is 4.30. The van der Waals surface area contributed by atoms with Crippen molar-refractivity contribution in [2.75, 3.05) is 6.61 Å². The van der Waals surface area contributed by atoms with Crippen LogP contribution in [0.2, 0.25) is 0 Å². The summed E-state index contributed by atoms with van der Waals surface area (Å²) in [5, 5.41) is 4.01. The Labute approximate surface area is 238 Å². The van der Waals surface area contributed by atoms with Crippen LogP contribution in [0.5, 0.6) is 0 Å². The third-order valence-electron chi connectivity index (χ3n) is 6.43. The third kappa shape index (κ3) is 11.9. The van der Waals surface area contributed by atoms with Crippen molar-refractivity contribution in [2.45, 2.75) is 116 Å².